The van der Waals surface area contributed by atoms with Gasteiger partial charge in [-0.3, -0.25) is 9.59 Å². The van der Waals surface area contributed by atoms with Crippen LogP contribution in [0.4, 0.5) is 0 Å². The van der Waals surface area contributed by atoms with E-state index in [0.717, 1.165) is 16.7 Å². The number of carbonyl (C=O) groups excluding carboxylic acids is 3. The average molecular weight is 516 g/mol. The second kappa shape index (κ2) is 12.5. The fourth-order valence-corrected chi connectivity index (χ4v) is 4.09. The highest BCUT2D eigenvalue weighted by Gasteiger charge is 2.19. The van der Waals surface area contributed by atoms with Crippen LogP contribution < -0.4 is 5.32 Å². The van der Waals surface area contributed by atoms with Crippen molar-refractivity contribution in [3.8, 4) is 0 Å². The number of carbonyl (C=O) groups is 3. The van der Waals surface area contributed by atoms with Crippen molar-refractivity contribution in [2.24, 2.45) is 0 Å². The first-order valence-electron chi connectivity index (χ1n) is 12.6. The van der Waals surface area contributed by atoms with Crippen molar-refractivity contribution in [3.05, 3.63) is 106 Å². The summed E-state index contributed by atoms with van der Waals surface area (Å²) < 4.78 is 5.46. The minimum atomic E-state index is -0.583. The van der Waals surface area contributed by atoms with Gasteiger partial charge in [0.05, 0.1) is 5.56 Å². The molecule has 0 atom stereocenters. The highest BCUT2D eigenvalue weighted by Crippen LogP contribution is 2.17. The molecule has 0 unspecified atom stereocenters. The number of hydrogen-bond acceptors (Lipinski definition) is 5. The smallest absolute Gasteiger partial charge is 0.338 e. The number of esters is 1. The van der Waals surface area contributed by atoms with E-state index < -0.39 is 11.6 Å². The summed E-state index contributed by atoms with van der Waals surface area (Å²) in [7, 11) is 5.35. The number of hydrogen-bond donors (Lipinski definition) is 1. The molecule has 7 heteroatoms. The molecule has 0 aliphatic heterocycles. The van der Waals surface area contributed by atoms with Crippen molar-refractivity contribution in [1.82, 2.24) is 15.1 Å². The van der Waals surface area contributed by atoms with Gasteiger partial charge < -0.3 is 19.9 Å². The third kappa shape index (κ3) is 8.02. The van der Waals surface area contributed by atoms with Gasteiger partial charge in [0.2, 0.25) is 0 Å². The van der Waals surface area contributed by atoms with Crippen molar-refractivity contribution in [1.29, 1.82) is 0 Å². The van der Waals surface area contributed by atoms with E-state index in [-0.39, 0.29) is 11.8 Å². The lowest BCUT2D eigenvalue weighted by Crippen LogP contribution is -2.28. The number of nitrogens with one attached hydrogen (secondary N) is 1. The Morgan fingerprint density at radius 1 is 0.711 bits per heavy atom. The normalized spacial score (nSPS) is 11.1. The first kappa shape index (κ1) is 28.6. The van der Waals surface area contributed by atoms with Gasteiger partial charge in [0.25, 0.3) is 11.8 Å². The van der Waals surface area contributed by atoms with Gasteiger partial charge in [0, 0.05) is 44.9 Å². The van der Waals surface area contributed by atoms with Crippen LogP contribution >= 0.6 is 0 Å². The molecule has 2 amide bonds. The maximum atomic E-state index is 13.2. The average Bonchev–Trinajstić information content (AvgIpc) is 2.87. The number of benzene rings is 3. The minimum Gasteiger partial charge on any atom is -0.456 e. The summed E-state index contributed by atoms with van der Waals surface area (Å²) in [6.45, 7) is 6.87. The van der Waals surface area contributed by atoms with E-state index >= 15 is 0 Å². The fraction of sp³-hybridized carbons (Fsp3) is 0.323. The Kier molecular flexibility index (Phi) is 9.42. The monoisotopic (exact) mass is 515 g/mol. The lowest BCUT2D eigenvalue weighted by atomic mass is 10.1. The van der Waals surface area contributed by atoms with E-state index in [2.05, 4.69) is 5.32 Å². The van der Waals surface area contributed by atoms with Gasteiger partial charge in [0.1, 0.15) is 5.60 Å². The van der Waals surface area contributed by atoms with Crippen LogP contribution in [0.15, 0.2) is 72.8 Å². The Hall–Kier alpha value is -3.97. The highest BCUT2D eigenvalue weighted by atomic mass is 16.6. The maximum absolute atomic E-state index is 13.2. The van der Waals surface area contributed by atoms with Crippen LogP contribution in [0.1, 0.15) is 68.5 Å². The Morgan fingerprint density at radius 3 is 1.61 bits per heavy atom. The molecule has 3 aromatic carbocycles. The highest BCUT2D eigenvalue weighted by molar-refractivity contribution is 5.95. The Labute approximate surface area is 225 Å². The predicted octanol–water partition coefficient (Wildman–Crippen LogP) is 4.91. The van der Waals surface area contributed by atoms with E-state index in [0.29, 0.717) is 36.3 Å². The van der Waals surface area contributed by atoms with Gasteiger partial charge in [0.15, 0.2) is 0 Å². The maximum Gasteiger partial charge on any atom is 0.338 e. The van der Waals surface area contributed by atoms with E-state index in [4.69, 9.17) is 4.74 Å². The fourth-order valence-electron chi connectivity index (χ4n) is 4.09. The lowest BCUT2D eigenvalue weighted by molar-refractivity contribution is 0.00692. The van der Waals surface area contributed by atoms with Crippen molar-refractivity contribution in [3.63, 3.8) is 0 Å². The summed E-state index contributed by atoms with van der Waals surface area (Å²) >= 11 is 0. The molecule has 0 saturated carbocycles. The summed E-state index contributed by atoms with van der Waals surface area (Å²) in [5.74, 6) is -0.626. The van der Waals surface area contributed by atoms with Gasteiger partial charge in [-0.25, -0.2) is 4.79 Å². The summed E-state index contributed by atoms with van der Waals surface area (Å²) in [5, 5.41) is 3.09. The molecule has 200 valence electrons. The quantitative estimate of drug-likeness (QED) is 0.410. The van der Waals surface area contributed by atoms with Gasteiger partial charge >= 0.3 is 5.97 Å². The van der Waals surface area contributed by atoms with Crippen molar-refractivity contribution < 1.29 is 19.1 Å². The van der Waals surface area contributed by atoms with Crippen LogP contribution in [0.2, 0.25) is 0 Å². The SMILES string of the molecule is CNCc1cccc(C(=O)N(C)Cc2cccc(C(=O)N(C)Cc3cccc(C(=O)OC(C)(C)C)c3)c2)c1. The van der Waals surface area contributed by atoms with Crippen molar-refractivity contribution in [2.45, 2.75) is 46.0 Å². The second-order valence-corrected chi connectivity index (χ2v) is 10.5. The molecule has 3 aromatic rings. The molecule has 0 aliphatic rings. The van der Waals surface area contributed by atoms with Gasteiger partial charge in [-0.2, -0.15) is 0 Å². The summed E-state index contributed by atoms with van der Waals surface area (Å²) in [6.07, 6.45) is 0. The van der Waals surface area contributed by atoms with E-state index in [9.17, 15) is 14.4 Å². The standard InChI is InChI=1S/C31H37N3O4/c1-31(2,3)38-30(37)27-15-9-12-24(18-27)21-34(6)29(36)26-14-8-11-23(17-26)20-33(5)28(35)25-13-7-10-22(16-25)19-32-4/h7-18,32H,19-21H2,1-6H3. The zero-order valence-electron chi connectivity index (χ0n) is 23.1. The minimum absolute atomic E-state index is 0.0818. The molecule has 0 fully saturated rings. The molecule has 0 bridgehead atoms. The topological polar surface area (TPSA) is 79.0 Å². The van der Waals surface area contributed by atoms with Crippen LogP contribution in [-0.2, 0) is 24.4 Å². The number of nitrogens with zero attached hydrogens (tertiary/aromatic N) is 2. The zero-order chi connectivity index (χ0) is 27.9. The largest absolute Gasteiger partial charge is 0.456 e. The lowest BCUT2D eigenvalue weighted by Gasteiger charge is -2.21. The molecule has 0 saturated heterocycles. The molecule has 0 aliphatic carbocycles. The number of ether oxygens (including phenoxy) is 1. The van der Waals surface area contributed by atoms with Crippen LogP contribution in [-0.4, -0.2) is 54.3 Å². The molecule has 3 rings (SSSR count). The second-order valence-electron chi connectivity index (χ2n) is 10.5. The molecular weight excluding hydrogens is 478 g/mol. The summed E-state index contributed by atoms with van der Waals surface area (Å²) in [6, 6.07) is 22.0. The van der Waals surface area contributed by atoms with Gasteiger partial charge in [-0.05, 0) is 80.9 Å². The predicted molar refractivity (Wildman–Crippen MR) is 149 cm³/mol. The van der Waals surface area contributed by atoms with E-state index in [1.54, 1.807) is 48.2 Å². The zero-order valence-corrected chi connectivity index (χ0v) is 23.1. The molecule has 38 heavy (non-hydrogen) atoms. The molecule has 0 aromatic heterocycles. The molecular formula is C31H37N3O4. The third-order valence-corrected chi connectivity index (χ3v) is 5.82. The van der Waals surface area contributed by atoms with Crippen LogP contribution in [0.5, 0.6) is 0 Å². The van der Waals surface area contributed by atoms with E-state index in [1.807, 2.05) is 76.3 Å². The van der Waals surface area contributed by atoms with Crippen LogP contribution in [0, 0.1) is 0 Å². The Balaban J connectivity index is 1.66. The Morgan fingerprint density at radius 2 is 1.13 bits per heavy atom. The number of amides is 2. The molecule has 7 nitrogen and oxygen atoms in total. The van der Waals surface area contributed by atoms with Gasteiger partial charge in [-0.1, -0.05) is 36.4 Å². The van der Waals surface area contributed by atoms with E-state index in [1.165, 1.54) is 0 Å². The van der Waals surface area contributed by atoms with Crippen molar-refractivity contribution in [2.75, 3.05) is 21.1 Å². The number of rotatable bonds is 9. The van der Waals surface area contributed by atoms with Crippen molar-refractivity contribution >= 4 is 17.8 Å². The summed E-state index contributed by atoms with van der Waals surface area (Å²) in [4.78, 5) is 41.9. The molecule has 0 heterocycles. The van der Waals surface area contributed by atoms with Crippen LogP contribution in [0.3, 0.4) is 0 Å². The molecule has 0 spiro atoms. The first-order valence-corrected chi connectivity index (χ1v) is 12.6. The molecule has 1 N–H and O–H groups in total. The molecule has 0 radical (unpaired) electrons. The Bertz CT molecular complexity index is 1300. The van der Waals surface area contributed by atoms with Gasteiger partial charge in [-0.15, -0.1) is 0 Å². The first-order chi connectivity index (χ1) is 18.0. The van der Waals surface area contributed by atoms with Crippen LogP contribution in [0.25, 0.3) is 0 Å². The third-order valence-electron chi connectivity index (χ3n) is 5.82. The summed E-state index contributed by atoms with van der Waals surface area (Å²) in [5.41, 5.74) is 3.75.